The van der Waals surface area contributed by atoms with Gasteiger partial charge in [0.25, 0.3) is 0 Å². The molecule has 0 spiro atoms. The van der Waals surface area contributed by atoms with E-state index in [2.05, 4.69) is 22.4 Å². The van der Waals surface area contributed by atoms with Gasteiger partial charge in [-0.25, -0.2) is 0 Å². The first kappa shape index (κ1) is 19.3. The van der Waals surface area contributed by atoms with Crippen molar-refractivity contribution in [3.8, 4) is 11.3 Å². The Bertz CT molecular complexity index is 973. The Morgan fingerprint density at radius 1 is 1.28 bits per heavy atom. The molecule has 2 aromatic rings. The Balaban J connectivity index is 1.47. The molecule has 4 rings (SSSR count). The van der Waals surface area contributed by atoms with Crippen LogP contribution in [0.2, 0.25) is 0 Å². The monoisotopic (exact) mass is 395 g/mol. The fourth-order valence-corrected chi connectivity index (χ4v) is 4.24. The van der Waals surface area contributed by atoms with E-state index >= 15 is 0 Å². The number of benzene rings is 1. The number of carbonyl (C=O) groups excluding carboxylic acids is 3. The number of anilines is 1. The second kappa shape index (κ2) is 7.79. The summed E-state index contributed by atoms with van der Waals surface area (Å²) in [5.74, 6) is -0.648. The van der Waals surface area contributed by atoms with Crippen LogP contribution in [0, 0.1) is 5.92 Å². The van der Waals surface area contributed by atoms with E-state index in [1.165, 1.54) is 0 Å². The van der Waals surface area contributed by atoms with E-state index in [0.717, 1.165) is 24.1 Å². The molecule has 0 bridgehead atoms. The van der Waals surface area contributed by atoms with Crippen LogP contribution in [0.15, 0.2) is 18.2 Å². The zero-order valence-electron chi connectivity index (χ0n) is 16.5. The Morgan fingerprint density at radius 3 is 2.72 bits per heavy atom. The van der Waals surface area contributed by atoms with Crippen LogP contribution < -0.4 is 11.1 Å². The molecule has 4 N–H and O–H groups in total. The number of aromatic nitrogens is 2. The van der Waals surface area contributed by atoms with Crippen LogP contribution in [0.1, 0.15) is 47.8 Å². The number of nitrogens with two attached hydrogens (primary N) is 1. The number of H-pyrrole nitrogens is 1. The summed E-state index contributed by atoms with van der Waals surface area (Å²) in [6, 6.07) is 5.44. The first-order chi connectivity index (χ1) is 14.0. The number of hydrogen-bond acceptors (Lipinski definition) is 5. The lowest BCUT2D eigenvalue weighted by molar-refractivity contribution is -0.123. The minimum Gasteiger partial charge on any atom is -0.369 e. The van der Waals surface area contributed by atoms with E-state index in [9.17, 15) is 14.4 Å². The van der Waals surface area contributed by atoms with Gasteiger partial charge in [0.15, 0.2) is 5.78 Å². The molecular formula is C21H25N5O3. The Hall–Kier alpha value is -3.00. The van der Waals surface area contributed by atoms with Gasteiger partial charge >= 0.3 is 0 Å². The standard InChI is InChI=1S/C21H25N5O3/c1-2-4-15-18-19(25-24-15)13-5-3-6-14(17(13)20(18)28)23-16(27)11-26-9-7-12(8-10-26)21(22)29/h3,5-6,12H,2,4,7-11H2,1H3,(H2,22,29)(H,23,27)(H,24,25). The maximum atomic E-state index is 13.1. The third-order valence-corrected chi connectivity index (χ3v) is 5.75. The van der Waals surface area contributed by atoms with Gasteiger partial charge in [0.05, 0.1) is 23.4 Å². The molecule has 0 radical (unpaired) electrons. The molecule has 1 aromatic heterocycles. The highest BCUT2D eigenvalue weighted by Crippen LogP contribution is 2.40. The Kier molecular flexibility index (Phi) is 5.19. The molecule has 2 heterocycles. The van der Waals surface area contributed by atoms with Gasteiger partial charge in [-0.3, -0.25) is 24.4 Å². The fourth-order valence-electron chi connectivity index (χ4n) is 4.24. The highest BCUT2D eigenvalue weighted by atomic mass is 16.2. The largest absolute Gasteiger partial charge is 0.369 e. The maximum absolute atomic E-state index is 13.1. The molecule has 152 valence electrons. The van der Waals surface area contributed by atoms with Gasteiger partial charge in [-0.05, 0) is 38.4 Å². The summed E-state index contributed by atoms with van der Waals surface area (Å²) in [5.41, 5.74) is 9.28. The molecule has 8 nitrogen and oxygen atoms in total. The molecule has 1 aliphatic carbocycles. The van der Waals surface area contributed by atoms with E-state index in [-0.39, 0.29) is 30.1 Å². The summed E-state index contributed by atoms with van der Waals surface area (Å²) < 4.78 is 0. The number of likely N-dealkylation sites (tertiary alicyclic amines) is 1. The average molecular weight is 395 g/mol. The zero-order valence-corrected chi connectivity index (χ0v) is 16.5. The number of nitrogens with one attached hydrogen (secondary N) is 2. The number of nitrogens with zero attached hydrogens (tertiary/aromatic N) is 2. The predicted molar refractivity (Wildman–Crippen MR) is 108 cm³/mol. The van der Waals surface area contributed by atoms with Crippen molar-refractivity contribution in [1.29, 1.82) is 0 Å². The molecule has 1 saturated heterocycles. The number of aryl methyl sites for hydroxylation is 1. The van der Waals surface area contributed by atoms with Crippen LogP contribution in [-0.2, 0) is 16.0 Å². The topological polar surface area (TPSA) is 121 Å². The molecule has 1 fully saturated rings. The third-order valence-electron chi connectivity index (χ3n) is 5.75. The lowest BCUT2D eigenvalue weighted by Crippen LogP contribution is -2.42. The smallest absolute Gasteiger partial charge is 0.238 e. The van der Waals surface area contributed by atoms with Crippen LogP contribution in [0.5, 0.6) is 0 Å². The van der Waals surface area contributed by atoms with Crippen LogP contribution in [0.3, 0.4) is 0 Å². The van der Waals surface area contributed by atoms with Gasteiger partial charge in [0.1, 0.15) is 5.69 Å². The molecule has 1 aliphatic heterocycles. The highest BCUT2D eigenvalue weighted by Gasteiger charge is 2.34. The molecule has 0 atom stereocenters. The molecule has 1 aromatic carbocycles. The first-order valence-corrected chi connectivity index (χ1v) is 10.1. The predicted octanol–water partition coefficient (Wildman–Crippen LogP) is 1.71. The van der Waals surface area contributed by atoms with Crippen LogP contribution in [0.25, 0.3) is 11.3 Å². The van der Waals surface area contributed by atoms with Gasteiger partial charge in [-0.15, -0.1) is 0 Å². The number of ketones is 1. The quantitative estimate of drug-likeness (QED) is 0.587. The lowest BCUT2D eigenvalue weighted by Gasteiger charge is -2.29. The van der Waals surface area contributed by atoms with Crippen molar-refractivity contribution in [1.82, 2.24) is 15.1 Å². The second-order valence-electron chi connectivity index (χ2n) is 7.73. The van der Waals surface area contributed by atoms with Crippen molar-refractivity contribution in [2.75, 3.05) is 25.0 Å². The number of piperidine rings is 1. The number of hydrogen-bond donors (Lipinski definition) is 3. The summed E-state index contributed by atoms with van der Waals surface area (Å²) in [6.07, 6.45) is 3.01. The number of rotatable bonds is 6. The van der Waals surface area contributed by atoms with Gasteiger partial charge in [-0.2, -0.15) is 5.10 Å². The normalized spacial score (nSPS) is 16.5. The Labute approximate surface area is 168 Å². The van der Waals surface area contributed by atoms with Crippen LogP contribution in [-0.4, -0.2) is 52.3 Å². The molecule has 2 aliphatic rings. The number of amides is 2. The second-order valence-corrected chi connectivity index (χ2v) is 7.73. The van der Waals surface area contributed by atoms with Gasteiger partial charge in [0, 0.05) is 17.2 Å². The summed E-state index contributed by atoms with van der Waals surface area (Å²) in [6.45, 7) is 3.58. The van der Waals surface area contributed by atoms with Crippen molar-refractivity contribution >= 4 is 23.3 Å². The molecule has 2 amide bonds. The number of primary amides is 1. The number of carbonyl (C=O) groups is 3. The third kappa shape index (κ3) is 3.55. The minimum atomic E-state index is -0.271. The highest BCUT2D eigenvalue weighted by molar-refractivity contribution is 6.25. The van der Waals surface area contributed by atoms with E-state index in [0.29, 0.717) is 48.4 Å². The van der Waals surface area contributed by atoms with Crippen molar-refractivity contribution in [3.05, 3.63) is 35.0 Å². The summed E-state index contributed by atoms with van der Waals surface area (Å²) in [5, 5.41) is 10.2. The fraction of sp³-hybridized carbons (Fsp3) is 0.429. The molecular weight excluding hydrogens is 370 g/mol. The zero-order chi connectivity index (χ0) is 20.5. The summed E-state index contributed by atoms with van der Waals surface area (Å²) >= 11 is 0. The van der Waals surface area contributed by atoms with Crippen molar-refractivity contribution in [2.24, 2.45) is 11.7 Å². The van der Waals surface area contributed by atoms with Gasteiger partial charge < -0.3 is 11.1 Å². The van der Waals surface area contributed by atoms with Crippen molar-refractivity contribution < 1.29 is 14.4 Å². The molecule has 8 heteroatoms. The van der Waals surface area contributed by atoms with Crippen molar-refractivity contribution in [2.45, 2.75) is 32.6 Å². The number of aromatic amines is 1. The molecule has 0 unspecified atom stereocenters. The van der Waals surface area contributed by atoms with E-state index in [1.54, 1.807) is 6.07 Å². The number of fused-ring (bicyclic) bond motifs is 3. The summed E-state index contributed by atoms with van der Waals surface area (Å²) in [4.78, 5) is 39.0. The lowest BCUT2D eigenvalue weighted by atomic mass is 9.96. The first-order valence-electron chi connectivity index (χ1n) is 10.1. The molecule has 0 saturated carbocycles. The Morgan fingerprint density at radius 2 is 2.03 bits per heavy atom. The van der Waals surface area contributed by atoms with E-state index in [1.807, 2.05) is 17.0 Å². The van der Waals surface area contributed by atoms with Gasteiger partial charge in [0.2, 0.25) is 11.8 Å². The van der Waals surface area contributed by atoms with Gasteiger partial charge in [-0.1, -0.05) is 25.5 Å². The minimum absolute atomic E-state index is 0.0922. The maximum Gasteiger partial charge on any atom is 0.238 e. The van der Waals surface area contributed by atoms with Crippen molar-refractivity contribution in [3.63, 3.8) is 0 Å². The summed E-state index contributed by atoms with van der Waals surface area (Å²) in [7, 11) is 0. The van der Waals surface area contributed by atoms with E-state index < -0.39 is 0 Å². The average Bonchev–Trinajstić information content (AvgIpc) is 3.23. The molecule has 29 heavy (non-hydrogen) atoms. The van der Waals surface area contributed by atoms with E-state index in [4.69, 9.17) is 5.73 Å². The van der Waals surface area contributed by atoms with Crippen LogP contribution >= 0.6 is 0 Å². The SMILES string of the molecule is CCCc1[nH]nc2c1C(=O)c1c(NC(=O)CN3CCC(C(N)=O)CC3)cccc1-2. The van der Waals surface area contributed by atoms with Crippen LogP contribution in [0.4, 0.5) is 5.69 Å².